The lowest BCUT2D eigenvalue weighted by Crippen LogP contribution is -2.25. The van der Waals surface area contributed by atoms with Crippen molar-refractivity contribution in [2.75, 3.05) is 0 Å². The van der Waals surface area contributed by atoms with Crippen LogP contribution in [-0.2, 0) is 20.7 Å². The number of hydrogen-bond acceptors (Lipinski definition) is 9. The quantitative estimate of drug-likeness (QED) is 0.364. The molecule has 0 amide bonds. The summed E-state index contributed by atoms with van der Waals surface area (Å²) in [5.74, 6) is 1.08. The molecule has 0 saturated carbocycles. The Morgan fingerprint density at radius 1 is 0.865 bits per heavy atom. The van der Waals surface area contributed by atoms with Gasteiger partial charge in [0.2, 0.25) is 17.7 Å². The molecule has 0 aromatic carbocycles. The number of carbonyl (C=O) groups is 2. The zero-order valence-electron chi connectivity index (χ0n) is 21.4. The number of ether oxygens (including phenoxy) is 1. The van der Waals surface area contributed by atoms with Crippen molar-refractivity contribution < 1.29 is 27.6 Å². The van der Waals surface area contributed by atoms with Gasteiger partial charge in [0.1, 0.15) is 24.9 Å². The fraction of sp³-hybridized carbons (Fsp3) is 0.464. The van der Waals surface area contributed by atoms with Gasteiger partial charge in [0.15, 0.2) is 17.2 Å². The number of nitrogens with zero attached hydrogens (tertiary/aromatic N) is 3. The summed E-state index contributed by atoms with van der Waals surface area (Å²) >= 11 is 0. The molecule has 0 saturated heterocycles. The highest BCUT2D eigenvalue weighted by molar-refractivity contribution is 5.89. The summed E-state index contributed by atoms with van der Waals surface area (Å²) in [6.45, 7) is 4.21. The number of oxazole rings is 3. The molecule has 196 valence electrons. The number of rotatable bonds is 2. The van der Waals surface area contributed by atoms with Crippen molar-refractivity contribution >= 4 is 17.8 Å². The molecule has 1 aliphatic rings. The maximum absolute atomic E-state index is 12.4. The first-order valence-corrected chi connectivity index (χ1v) is 12.9. The van der Waals surface area contributed by atoms with E-state index in [0.29, 0.717) is 66.9 Å². The first kappa shape index (κ1) is 26.3. The van der Waals surface area contributed by atoms with Gasteiger partial charge in [-0.3, -0.25) is 9.59 Å². The lowest BCUT2D eigenvalue weighted by molar-refractivity contribution is -0.152. The lowest BCUT2D eigenvalue weighted by atomic mass is 9.95. The maximum atomic E-state index is 12.4. The molecule has 0 aliphatic carbocycles. The van der Waals surface area contributed by atoms with Gasteiger partial charge in [-0.25, -0.2) is 15.0 Å². The van der Waals surface area contributed by atoms with Gasteiger partial charge in [-0.1, -0.05) is 32.4 Å². The second-order valence-electron chi connectivity index (χ2n) is 9.29. The third kappa shape index (κ3) is 7.62. The number of fused-ring (bicyclic) bond motifs is 8. The number of cyclic esters (lactones) is 1. The molecular weight excluding hydrogens is 474 g/mol. The Kier molecular flexibility index (Phi) is 9.24. The number of esters is 1. The summed E-state index contributed by atoms with van der Waals surface area (Å²) in [6.07, 6.45) is 17.4. The van der Waals surface area contributed by atoms with Crippen LogP contribution >= 0.6 is 0 Å². The predicted octanol–water partition coefficient (Wildman–Crippen LogP) is 6.37. The van der Waals surface area contributed by atoms with Crippen molar-refractivity contribution in [2.45, 2.75) is 77.7 Å². The molecule has 1 aliphatic heterocycles. The highest BCUT2D eigenvalue weighted by atomic mass is 16.5. The third-order valence-electron chi connectivity index (χ3n) is 6.24. The van der Waals surface area contributed by atoms with E-state index in [0.717, 1.165) is 25.7 Å². The second kappa shape index (κ2) is 13.0. The van der Waals surface area contributed by atoms with Crippen LogP contribution in [0.5, 0.6) is 0 Å². The summed E-state index contributed by atoms with van der Waals surface area (Å²) in [7, 11) is 0. The summed E-state index contributed by atoms with van der Waals surface area (Å²) in [4.78, 5) is 37.9. The van der Waals surface area contributed by atoms with Crippen LogP contribution in [0.2, 0.25) is 0 Å². The van der Waals surface area contributed by atoms with Gasteiger partial charge >= 0.3 is 5.97 Å². The van der Waals surface area contributed by atoms with E-state index in [9.17, 15) is 9.59 Å². The SMILES string of the molecule is CCCC1OC(=O)CCCC=CC(=O)CCc2coc(n2)-c2coc(n2)-c2coc(n2)C=CCCC1C. The molecule has 9 heteroatoms. The van der Waals surface area contributed by atoms with Crippen molar-refractivity contribution in [2.24, 2.45) is 5.92 Å². The zero-order chi connectivity index (χ0) is 26.0. The van der Waals surface area contributed by atoms with Gasteiger partial charge < -0.3 is 18.0 Å². The molecule has 0 N–H and O–H groups in total. The molecule has 9 nitrogen and oxygen atoms in total. The number of ketones is 1. The Morgan fingerprint density at radius 2 is 1.62 bits per heavy atom. The van der Waals surface area contributed by atoms with Gasteiger partial charge in [0.25, 0.3) is 0 Å². The molecule has 0 spiro atoms. The van der Waals surface area contributed by atoms with Crippen LogP contribution in [0.15, 0.2) is 50.3 Å². The molecule has 0 fully saturated rings. The average molecular weight is 508 g/mol. The minimum Gasteiger partial charge on any atom is -0.462 e. The number of hydrogen-bond donors (Lipinski definition) is 0. The third-order valence-corrected chi connectivity index (χ3v) is 6.24. The normalized spacial score (nSPS) is 20.3. The van der Waals surface area contributed by atoms with Crippen LogP contribution in [0.3, 0.4) is 0 Å². The number of allylic oxidation sites excluding steroid dienone is 3. The minimum absolute atomic E-state index is 0.00588. The molecule has 4 heterocycles. The smallest absolute Gasteiger partial charge is 0.306 e. The van der Waals surface area contributed by atoms with Crippen molar-refractivity contribution in [1.29, 1.82) is 0 Å². The van der Waals surface area contributed by atoms with E-state index in [4.69, 9.17) is 18.0 Å². The Balaban J connectivity index is 1.48. The summed E-state index contributed by atoms with van der Waals surface area (Å²) in [5.41, 5.74) is 1.55. The first-order chi connectivity index (χ1) is 18.0. The monoisotopic (exact) mass is 507 g/mol. The standard InChI is InChI=1S/C28H33N3O6/c1-3-9-24-19(2)10-7-8-12-25-30-22(17-34-25)28-31-23(18-36-28)27-29-20(16-35-27)14-15-21(32)11-5-4-6-13-26(33)37-24/h5,8,11-12,16-19,24H,3-4,6-7,9-10,13-15H2,1-2H3. The molecule has 4 rings (SSSR count). The van der Waals surface area contributed by atoms with Crippen molar-refractivity contribution in [3.63, 3.8) is 0 Å². The number of carbonyl (C=O) groups excluding carboxylic acids is 2. The van der Waals surface area contributed by atoms with E-state index in [1.54, 1.807) is 6.08 Å². The minimum atomic E-state index is -0.185. The maximum Gasteiger partial charge on any atom is 0.306 e. The zero-order valence-corrected chi connectivity index (χ0v) is 21.4. The summed E-state index contributed by atoms with van der Waals surface area (Å²) in [5, 5.41) is 0. The van der Waals surface area contributed by atoms with Crippen molar-refractivity contribution in [1.82, 2.24) is 15.0 Å². The summed E-state index contributed by atoms with van der Waals surface area (Å²) in [6, 6.07) is 0. The van der Waals surface area contributed by atoms with Gasteiger partial charge in [0.05, 0.1) is 5.69 Å². The van der Waals surface area contributed by atoms with E-state index in [1.165, 1.54) is 18.8 Å². The first-order valence-electron chi connectivity index (χ1n) is 12.9. The number of aromatic nitrogens is 3. The van der Waals surface area contributed by atoms with Gasteiger partial charge in [-0.15, -0.1) is 0 Å². The molecule has 6 bridgehead atoms. The Labute approximate surface area is 216 Å². The largest absolute Gasteiger partial charge is 0.462 e. The van der Waals surface area contributed by atoms with Crippen molar-refractivity contribution in [3.05, 3.63) is 48.6 Å². The number of aryl methyl sites for hydroxylation is 1. The Bertz CT molecular complexity index is 1230. The molecule has 0 radical (unpaired) electrons. The topological polar surface area (TPSA) is 121 Å². The second-order valence-corrected chi connectivity index (χ2v) is 9.29. The fourth-order valence-electron chi connectivity index (χ4n) is 4.11. The Morgan fingerprint density at radius 3 is 2.49 bits per heavy atom. The van der Waals surface area contributed by atoms with Crippen LogP contribution in [0.25, 0.3) is 29.2 Å². The van der Waals surface area contributed by atoms with Crippen molar-refractivity contribution in [3.8, 4) is 23.2 Å². The average Bonchev–Trinajstić information content (AvgIpc) is 3.64. The molecule has 3 aromatic rings. The van der Waals surface area contributed by atoms with Crippen LogP contribution in [0, 0.1) is 5.92 Å². The van der Waals surface area contributed by atoms with E-state index >= 15 is 0 Å². The van der Waals surface area contributed by atoms with Crippen LogP contribution < -0.4 is 0 Å². The molecule has 2 unspecified atom stereocenters. The summed E-state index contributed by atoms with van der Waals surface area (Å²) < 4.78 is 22.4. The molecular formula is C28H33N3O6. The van der Waals surface area contributed by atoms with E-state index < -0.39 is 0 Å². The molecule has 3 aromatic heterocycles. The van der Waals surface area contributed by atoms with Gasteiger partial charge in [0, 0.05) is 19.3 Å². The van der Waals surface area contributed by atoms with Gasteiger partial charge in [-0.05, 0) is 50.2 Å². The van der Waals surface area contributed by atoms with Crippen LogP contribution in [0.1, 0.15) is 76.8 Å². The van der Waals surface area contributed by atoms with Crippen LogP contribution in [0.4, 0.5) is 0 Å². The van der Waals surface area contributed by atoms with E-state index in [1.807, 2.05) is 18.2 Å². The molecule has 2 atom stereocenters. The predicted molar refractivity (Wildman–Crippen MR) is 136 cm³/mol. The lowest BCUT2D eigenvalue weighted by Gasteiger charge is -2.23. The highest BCUT2D eigenvalue weighted by Crippen LogP contribution is 2.25. The fourth-order valence-corrected chi connectivity index (χ4v) is 4.11. The van der Waals surface area contributed by atoms with Gasteiger partial charge in [-0.2, -0.15) is 0 Å². The van der Waals surface area contributed by atoms with Crippen LogP contribution in [-0.4, -0.2) is 32.8 Å². The highest BCUT2D eigenvalue weighted by Gasteiger charge is 2.20. The van der Waals surface area contributed by atoms with E-state index in [2.05, 4.69) is 28.8 Å². The molecule has 37 heavy (non-hydrogen) atoms. The Hall–Kier alpha value is -3.75. The van der Waals surface area contributed by atoms with E-state index in [-0.39, 0.29) is 23.8 Å².